The van der Waals surface area contributed by atoms with E-state index < -0.39 is 11.7 Å². The molecule has 0 amide bonds. The van der Waals surface area contributed by atoms with Crippen molar-refractivity contribution in [3.63, 3.8) is 0 Å². The molecule has 98 valence electrons. The van der Waals surface area contributed by atoms with Gasteiger partial charge in [-0.25, -0.2) is 0 Å². The quantitative estimate of drug-likeness (QED) is 0.651. The minimum Gasteiger partial charge on any atom is -0.477 e. The molecule has 0 bridgehead atoms. The van der Waals surface area contributed by atoms with Crippen LogP contribution in [0.3, 0.4) is 0 Å². The molecule has 1 aromatic heterocycles. The first-order valence-electron chi connectivity index (χ1n) is 5.36. The molecule has 1 heterocycles. The highest BCUT2D eigenvalue weighted by atomic mass is 19.4. The number of ether oxygens (including phenoxy) is 1. The van der Waals surface area contributed by atoms with Gasteiger partial charge in [-0.1, -0.05) is 0 Å². The van der Waals surface area contributed by atoms with Crippen molar-refractivity contribution in [2.75, 3.05) is 18.5 Å². The second-order valence-corrected chi connectivity index (χ2v) is 3.41. The lowest BCUT2D eigenvalue weighted by Crippen LogP contribution is -2.09. The Labute approximate surface area is 103 Å². The maximum absolute atomic E-state index is 12.6. The lowest BCUT2D eigenvalue weighted by Gasteiger charge is -2.12. The van der Waals surface area contributed by atoms with Gasteiger partial charge in [0, 0.05) is 19.0 Å². The Hall–Kier alpha value is -1.90. The van der Waals surface area contributed by atoms with Crippen molar-refractivity contribution in [2.45, 2.75) is 19.5 Å². The molecule has 18 heavy (non-hydrogen) atoms. The van der Waals surface area contributed by atoms with Crippen LogP contribution in [0, 0.1) is 12.3 Å². The van der Waals surface area contributed by atoms with Gasteiger partial charge in [0.15, 0.2) is 0 Å². The molecule has 1 aromatic rings. The number of hydrogen-bond acceptors (Lipinski definition) is 3. The summed E-state index contributed by atoms with van der Waals surface area (Å²) in [6.07, 6.45) is 0.907. The predicted octanol–water partition coefficient (Wildman–Crippen LogP) is 2.93. The van der Waals surface area contributed by atoms with E-state index in [1.807, 2.05) is 0 Å². The van der Waals surface area contributed by atoms with Crippen molar-refractivity contribution in [3.8, 4) is 18.2 Å². The molecule has 0 aliphatic carbocycles. The topological polar surface area (TPSA) is 34.1 Å². The van der Waals surface area contributed by atoms with Crippen molar-refractivity contribution in [2.24, 2.45) is 0 Å². The number of rotatable bonds is 5. The van der Waals surface area contributed by atoms with Crippen LogP contribution >= 0.6 is 0 Å². The second-order valence-electron chi connectivity index (χ2n) is 3.41. The maximum atomic E-state index is 12.6. The molecule has 0 radical (unpaired) electrons. The number of anilines is 1. The maximum Gasteiger partial charge on any atom is 0.416 e. The van der Waals surface area contributed by atoms with Crippen molar-refractivity contribution in [1.82, 2.24) is 4.98 Å². The van der Waals surface area contributed by atoms with Gasteiger partial charge in [0.2, 0.25) is 5.88 Å². The Morgan fingerprint density at radius 1 is 1.44 bits per heavy atom. The fourth-order valence-electron chi connectivity index (χ4n) is 1.23. The minimum absolute atomic E-state index is 0.0870. The Bertz CT molecular complexity index is 438. The number of terminal acetylenes is 1. The highest BCUT2D eigenvalue weighted by molar-refractivity contribution is 5.42. The molecular weight excluding hydrogens is 245 g/mol. The summed E-state index contributed by atoms with van der Waals surface area (Å²) >= 11 is 0. The first-order valence-corrected chi connectivity index (χ1v) is 5.36. The van der Waals surface area contributed by atoms with Crippen LogP contribution in [0.4, 0.5) is 19.0 Å². The number of pyridine rings is 1. The number of hydrogen-bond donors (Lipinski definition) is 1. The highest BCUT2D eigenvalue weighted by Crippen LogP contribution is 2.32. The van der Waals surface area contributed by atoms with Crippen LogP contribution in [0.5, 0.6) is 5.88 Å². The third kappa shape index (κ3) is 4.17. The Morgan fingerprint density at radius 2 is 2.17 bits per heavy atom. The highest BCUT2D eigenvalue weighted by Gasteiger charge is 2.31. The zero-order valence-electron chi connectivity index (χ0n) is 9.84. The van der Waals surface area contributed by atoms with Crippen LogP contribution in [0.25, 0.3) is 0 Å². The Morgan fingerprint density at radius 3 is 2.72 bits per heavy atom. The molecule has 3 nitrogen and oxygen atoms in total. The van der Waals surface area contributed by atoms with E-state index in [4.69, 9.17) is 11.2 Å². The van der Waals surface area contributed by atoms with E-state index in [0.717, 1.165) is 12.1 Å². The standard InChI is InChI=1S/C12H13F3N2O/c1-3-5-6-18-11-8-9(12(13,14)15)7-10(17-11)16-4-2/h1,7-8H,4-6H2,2H3,(H,16,17). The Kier molecular flexibility index (Phi) is 4.84. The molecular formula is C12H13F3N2O. The minimum atomic E-state index is -4.43. The summed E-state index contributed by atoms with van der Waals surface area (Å²) in [6.45, 7) is 2.37. The molecule has 0 saturated carbocycles. The molecule has 0 saturated heterocycles. The fraction of sp³-hybridized carbons (Fsp3) is 0.417. The number of nitrogens with zero attached hydrogens (tertiary/aromatic N) is 1. The van der Waals surface area contributed by atoms with Gasteiger partial charge in [-0.3, -0.25) is 0 Å². The van der Waals surface area contributed by atoms with Gasteiger partial charge in [0.1, 0.15) is 12.4 Å². The third-order valence-corrected chi connectivity index (χ3v) is 1.98. The van der Waals surface area contributed by atoms with E-state index in [0.29, 0.717) is 13.0 Å². The first kappa shape index (κ1) is 14.2. The molecule has 0 atom stereocenters. The van der Waals surface area contributed by atoms with Crippen molar-refractivity contribution >= 4 is 5.82 Å². The molecule has 0 fully saturated rings. The van der Waals surface area contributed by atoms with Gasteiger partial charge in [-0.15, -0.1) is 12.3 Å². The van der Waals surface area contributed by atoms with Gasteiger partial charge < -0.3 is 10.1 Å². The number of nitrogens with one attached hydrogen (secondary N) is 1. The van der Waals surface area contributed by atoms with Crippen LogP contribution in [0.15, 0.2) is 12.1 Å². The number of alkyl halides is 3. The average molecular weight is 258 g/mol. The largest absolute Gasteiger partial charge is 0.477 e. The normalized spacial score (nSPS) is 10.8. The molecule has 1 rings (SSSR count). The second kappa shape index (κ2) is 6.15. The van der Waals surface area contributed by atoms with Gasteiger partial charge in [0.05, 0.1) is 5.56 Å². The summed E-state index contributed by atoms with van der Waals surface area (Å²) in [5.41, 5.74) is -0.802. The van der Waals surface area contributed by atoms with Crippen LogP contribution in [0.1, 0.15) is 18.9 Å². The van der Waals surface area contributed by atoms with E-state index in [2.05, 4.69) is 16.2 Å². The molecule has 0 aliphatic rings. The molecule has 0 aliphatic heterocycles. The van der Waals surface area contributed by atoms with E-state index in [1.165, 1.54) is 0 Å². The Balaban J connectivity index is 2.95. The smallest absolute Gasteiger partial charge is 0.416 e. The van der Waals surface area contributed by atoms with E-state index in [1.54, 1.807) is 6.92 Å². The summed E-state index contributed by atoms with van der Waals surface area (Å²) < 4.78 is 43.0. The summed E-state index contributed by atoms with van der Waals surface area (Å²) in [6, 6.07) is 1.80. The first-order chi connectivity index (χ1) is 8.47. The van der Waals surface area contributed by atoms with Crippen molar-refractivity contribution in [1.29, 1.82) is 0 Å². The average Bonchev–Trinajstić information content (AvgIpc) is 2.28. The zero-order chi connectivity index (χ0) is 13.6. The summed E-state index contributed by atoms with van der Waals surface area (Å²) in [5.74, 6) is 2.37. The lowest BCUT2D eigenvalue weighted by atomic mass is 10.2. The fourth-order valence-corrected chi connectivity index (χ4v) is 1.23. The van der Waals surface area contributed by atoms with Crippen LogP contribution in [0.2, 0.25) is 0 Å². The van der Waals surface area contributed by atoms with Crippen LogP contribution in [-0.4, -0.2) is 18.1 Å². The monoisotopic (exact) mass is 258 g/mol. The van der Waals surface area contributed by atoms with Gasteiger partial charge in [-0.2, -0.15) is 18.2 Å². The summed E-state index contributed by atoms with van der Waals surface area (Å²) in [7, 11) is 0. The molecule has 6 heteroatoms. The SMILES string of the molecule is C#CCCOc1cc(C(F)(F)F)cc(NCC)n1. The van der Waals surface area contributed by atoms with E-state index >= 15 is 0 Å². The molecule has 0 unspecified atom stereocenters. The third-order valence-electron chi connectivity index (χ3n) is 1.98. The van der Waals surface area contributed by atoms with Gasteiger partial charge in [-0.05, 0) is 13.0 Å². The molecule has 0 aromatic carbocycles. The van der Waals surface area contributed by atoms with Gasteiger partial charge in [0.25, 0.3) is 0 Å². The van der Waals surface area contributed by atoms with Gasteiger partial charge >= 0.3 is 6.18 Å². The van der Waals surface area contributed by atoms with Crippen LogP contribution < -0.4 is 10.1 Å². The predicted molar refractivity (Wildman–Crippen MR) is 62.3 cm³/mol. The van der Waals surface area contributed by atoms with Crippen LogP contribution in [-0.2, 0) is 6.18 Å². The summed E-state index contributed by atoms with van der Waals surface area (Å²) in [5, 5.41) is 2.72. The zero-order valence-corrected chi connectivity index (χ0v) is 9.84. The van der Waals surface area contributed by atoms with E-state index in [-0.39, 0.29) is 18.3 Å². The summed E-state index contributed by atoms with van der Waals surface area (Å²) in [4.78, 5) is 3.91. The lowest BCUT2D eigenvalue weighted by molar-refractivity contribution is -0.137. The van der Waals surface area contributed by atoms with Crippen molar-refractivity contribution in [3.05, 3.63) is 17.7 Å². The molecule has 1 N–H and O–H groups in total. The molecule has 0 spiro atoms. The van der Waals surface area contributed by atoms with E-state index in [9.17, 15) is 13.2 Å². The number of aromatic nitrogens is 1. The van der Waals surface area contributed by atoms with Crippen molar-refractivity contribution < 1.29 is 17.9 Å². The number of halogens is 3.